The standard InChI is InChI=1S/C11H13N5O3/c1-16-10(12)6(4-14-16)9(17)8-11(19-3)15-7(18-2)5-13-8/h4-5H,12H2,1-3H3. The number of hydrogen-bond donors (Lipinski definition) is 1. The first kappa shape index (κ1) is 12.8. The lowest BCUT2D eigenvalue weighted by atomic mass is 10.1. The smallest absolute Gasteiger partial charge is 0.247 e. The summed E-state index contributed by atoms with van der Waals surface area (Å²) >= 11 is 0. The molecule has 8 heteroatoms. The molecule has 0 atom stereocenters. The molecular weight excluding hydrogens is 250 g/mol. The number of nitrogen functional groups attached to an aromatic ring is 1. The van der Waals surface area contributed by atoms with Crippen molar-refractivity contribution < 1.29 is 14.3 Å². The monoisotopic (exact) mass is 263 g/mol. The summed E-state index contributed by atoms with van der Waals surface area (Å²) in [5.74, 6) is 0.183. The van der Waals surface area contributed by atoms with Gasteiger partial charge < -0.3 is 15.2 Å². The van der Waals surface area contributed by atoms with Crippen LogP contribution < -0.4 is 15.2 Å². The quantitative estimate of drug-likeness (QED) is 0.776. The van der Waals surface area contributed by atoms with E-state index in [4.69, 9.17) is 15.2 Å². The van der Waals surface area contributed by atoms with Crippen LogP contribution in [0.3, 0.4) is 0 Å². The number of methoxy groups -OCH3 is 2. The van der Waals surface area contributed by atoms with Gasteiger partial charge in [-0.3, -0.25) is 9.48 Å². The highest BCUT2D eigenvalue weighted by Crippen LogP contribution is 2.22. The lowest BCUT2D eigenvalue weighted by Crippen LogP contribution is -2.10. The molecule has 0 amide bonds. The number of aromatic nitrogens is 4. The number of nitrogens with two attached hydrogens (primary N) is 1. The lowest BCUT2D eigenvalue weighted by Gasteiger charge is -2.06. The summed E-state index contributed by atoms with van der Waals surface area (Å²) in [5.41, 5.74) is 6.06. The highest BCUT2D eigenvalue weighted by molar-refractivity contribution is 6.11. The van der Waals surface area contributed by atoms with Gasteiger partial charge in [0.25, 0.3) is 0 Å². The van der Waals surface area contributed by atoms with Crippen molar-refractivity contribution in [3.8, 4) is 11.8 Å². The van der Waals surface area contributed by atoms with E-state index < -0.39 is 5.78 Å². The molecule has 2 heterocycles. The van der Waals surface area contributed by atoms with Gasteiger partial charge in [-0.25, -0.2) is 4.98 Å². The first-order valence-electron chi connectivity index (χ1n) is 5.35. The topological polar surface area (TPSA) is 105 Å². The average molecular weight is 263 g/mol. The van der Waals surface area contributed by atoms with Crippen LogP contribution in [-0.4, -0.2) is 39.8 Å². The Morgan fingerprint density at radius 3 is 2.58 bits per heavy atom. The van der Waals surface area contributed by atoms with Gasteiger partial charge in [0.1, 0.15) is 5.82 Å². The molecule has 0 saturated heterocycles. The van der Waals surface area contributed by atoms with E-state index in [0.29, 0.717) is 0 Å². The zero-order chi connectivity index (χ0) is 14.0. The first-order valence-corrected chi connectivity index (χ1v) is 5.35. The number of anilines is 1. The number of carbonyl (C=O) groups is 1. The van der Waals surface area contributed by atoms with E-state index in [1.54, 1.807) is 7.05 Å². The Kier molecular flexibility index (Phi) is 3.32. The third-order valence-electron chi connectivity index (χ3n) is 2.57. The first-order chi connectivity index (χ1) is 9.08. The number of ether oxygens (including phenoxy) is 2. The summed E-state index contributed by atoms with van der Waals surface area (Å²) in [6, 6.07) is 0. The fourth-order valence-electron chi connectivity index (χ4n) is 1.50. The van der Waals surface area contributed by atoms with E-state index in [1.165, 1.54) is 31.3 Å². The van der Waals surface area contributed by atoms with Crippen molar-refractivity contribution in [1.82, 2.24) is 19.7 Å². The third kappa shape index (κ3) is 2.19. The van der Waals surface area contributed by atoms with Gasteiger partial charge in [-0.1, -0.05) is 0 Å². The van der Waals surface area contributed by atoms with Gasteiger partial charge >= 0.3 is 0 Å². The van der Waals surface area contributed by atoms with Crippen molar-refractivity contribution in [3.63, 3.8) is 0 Å². The fraction of sp³-hybridized carbons (Fsp3) is 0.273. The normalized spacial score (nSPS) is 10.3. The molecule has 2 aromatic rings. The van der Waals surface area contributed by atoms with Gasteiger partial charge in [0, 0.05) is 7.05 Å². The van der Waals surface area contributed by atoms with Crippen molar-refractivity contribution in [2.24, 2.45) is 7.05 Å². The Balaban J connectivity index is 2.47. The van der Waals surface area contributed by atoms with E-state index >= 15 is 0 Å². The molecule has 0 radical (unpaired) electrons. The molecule has 0 unspecified atom stereocenters. The maximum absolute atomic E-state index is 12.3. The van der Waals surface area contributed by atoms with Crippen LogP contribution in [0, 0.1) is 0 Å². The Hall–Kier alpha value is -2.64. The second kappa shape index (κ2) is 4.92. The van der Waals surface area contributed by atoms with Crippen molar-refractivity contribution >= 4 is 11.6 Å². The Labute approximate surface area is 109 Å². The summed E-state index contributed by atoms with van der Waals surface area (Å²) in [5, 5.41) is 3.91. The van der Waals surface area contributed by atoms with Crippen molar-refractivity contribution in [2.75, 3.05) is 20.0 Å². The number of hydrogen-bond acceptors (Lipinski definition) is 7. The van der Waals surface area contributed by atoms with Crippen molar-refractivity contribution in [1.29, 1.82) is 0 Å². The van der Waals surface area contributed by atoms with E-state index in [-0.39, 0.29) is 28.8 Å². The van der Waals surface area contributed by atoms with E-state index in [0.717, 1.165) is 0 Å². The summed E-state index contributed by atoms with van der Waals surface area (Å²) in [4.78, 5) is 20.3. The largest absolute Gasteiger partial charge is 0.480 e. The summed E-state index contributed by atoms with van der Waals surface area (Å²) in [7, 11) is 4.49. The molecule has 2 N–H and O–H groups in total. The molecule has 0 aromatic carbocycles. The average Bonchev–Trinajstić information content (AvgIpc) is 2.77. The van der Waals surface area contributed by atoms with Gasteiger partial charge in [0.05, 0.1) is 32.2 Å². The molecule has 0 aliphatic heterocycles. The Morgan fingerprint density at radius 2 is 2.05 bits per heavy atom. The highest BCUT2D eigenvalue weighted by Gasteiger charge is 2.22. The van der Waals surface area contributed by atoms with Crippen molar-refractivity contribution in [2.45, 2.75) is 0 Å². The molecule has 0 saturated carbocycles. The molecule has 0 aliphatic carbocycles. The summed E-state index contributed by atoms with van der Waals surface area (Å²) < 4.78 is 11.4. The van der Waals surface area contributed by atoms with Crippen LogP contribution in [0.1, 0.15) is 16.1 Å². The molecule has 19 heavy (non-hydrogen) atoms. The highest BCUT2D eigenvalue weighted by atomic mass is 16.5. The fourth-order valence-corrected chi connectivity index (χ4v) is 1.50. The predicted molar refractivity (Wildman–Crippen MR) is 66.2 cm³/mol. The van der Waals surface area contributed by atoms with E-state index in [9.17, 15) is 4.79 Å². The molecule has 0 aliphatic rings. The Morgan fingerprint density at radius 1 is 1.32 bits per heavy atom. The molecule has 2 aromatic heterocycles. The maximum Gasteiger partial charge on any atom is 0.247 e. The maximum atomic E-state index is 12.3. The second-order valence-corrected chi connectivity index (χ2v) is 3.67. The number of aryl methyl sites for hydroxylation is 1. The molecule has 0 fully saturated rings. The van der Waals surface area contributed by atoms with Gasteiger partial charge in [0.2, 0.25) is 17.5 Å². The predicted octanol–water partition coefficient (Wildman–Crippen LogP) is 0.0405. The number of carbonyl (C=O) groups excluding carboxylic acids is 1. The molecule has 0 spiro atoms. The van der Waals surface area contributed by atoms with Gasteiger partial charge in [-0.2, -0.15) is 10.1 Å². The number of rotatable bonds is 4. The SMILES string of the molecule is COc1cnc(C(=O)c2cnn(C)c2N)c(OC)n1. The minimum absolute atomic E-state index is 0.0583. The molecule has 0 bridgehead atoms. The van der Waals surface area contributed by atoms with Crippen LogP contribution in [-0.2, 0) is 7.05 Å². The Bertz CT molecular complexity index is 623. The van der Waals surface area contributed by atoms with Gasteiger partial charge in [0.15, 0.2) is 5.69 Å². The molecular formula is C11H13N5O3. The zero-order valence-corrected chi connectivity index (χ0v) is 10.7. The van der Waals surface area contributed by atoms with Crippen LogP contribution >= 0.6 is 0 Å². The van der Waals surface area contributed by atoms with E-state index in [2.05, 4.69) is 15.1 Å². The molecule has 8 nitrogen and oxygen atoms in total. The van der Waals surface area contributed by atoms with Crippen LogP contribution in [0.25, 0.3) is 0 Å². The zero-order valence-electron chi connectivity index (χ0n) is 10.7. The summed E-state index contributed by atoms with van der Waals surface area (Å²) in [6.07, 6.45) is 2.71. The molecule has 2 rings (SSSR count). The van der Waals surface area contributed by atoms with E-state index in [1.807, 2.05) is 0 Å². The minimum atomic E-state index is -0.405. The number of ketones is 1. The summed E-state index contributed by atoms with van der Waals surface area (Å²) in [6.45, 7) is 0. The molecule has 100 valence electrons. The van der Waals surface area contributed by atoms with Crippen LogP contribution in [0.5, 0.6) is 11.8 Å². The van der Waals surface area contributed by atoms with Crippen LogP contribution in [0.4, 0.5) is 5.82 Å². The number of nitrogens with zero attached hydrogens (tertiary/aromatic N) is 4. The van der Waals surface area contributed by atoms with Crippen LogP contribution in [0.2, 0.25) is 0 Å². The van der Waals surface area contributed by atoms with Crippen molar-refractivity contribution in [3.05, 3.63) is 23.7 Å². The van der Waals surface area contributed by atoms with Crippen LogP contribution in [0.15, 0.2) is 12.4 Å². The minimum Gasteiger partial charge on any atom is -0.480 e. The van der Waals surface area contributed by atoms with Gasteiger partial charge in [-0.05, 0) is 0 Å². The van der Waals surface area contributed by atoms with Gasteiger partial charge in [-0.15, -0.1) is 0 Å². The third-order valence-corrected chi connectivity index (χ3v) is 2.57. The lowest BCUT2D eigenvalue weighted by molar-refractivity contribution is 0.103. The second-order valence-electron chi connectivity index (χ2n) is 3.67.